The number of benzene rings is 2. The number of nitrogens with zero attached hydrogens (tertiary/aromatic N) is 2. The van der Waals surface area contributed by atoms with Crippen molar-refractivity contribution in [2.45, 2.75) is 20.4 Å². The van der Waals surface area contributed by atoms with E-state index < -0.39 is 5.97 Å². The molecule has 2 aromatic carbocycles. The van der Waals surface area contributed by atoms with Crippen molar-refractivity contribution in [3.05, 3.63) is 83.6 Å². The fourth-order valence-corrected chi connectivity index (χ4v) is 2.75. The molecule has 1 aromatic heterocycles. The van der Waals surface area contributed by atoms with Gasteiger partial charge in [-0.25, -0.2) is 19.6 Å². The van der Waals surface area contributed by atoms with Crippen LogP contribution in [0, 0.1) is 6.92 Å². The van der Waals surface area contributed by atoms with Crippen molar-refractivity contribution >= 4 is 23.6 Å². The topological polar surface area (TPSA) is 125 Å². The van der Waals surface area contributed by atoms with Gasteiger partial charge in [-0.05, 0) is 49.7 Å². The number of aryl methyl sites for hydroxylation is 1. The quantitative estimate of drug-likeness (QED) is 0.321. The van der Waals surface area contributed by atoms with Gasteiger partial charge in [0.25, 0.3) is 0 Å². The van der Waals surface area contributed by atoms with Crippen molar-refractivity contribution in [2.75, 3.05) is 6.54 Å². The Kier molecular flexibility index (Phi) is 7.96. The molecular formula is C24H25N5O4. The summed E-state index contributed by atoms with van der Waals surface area (Å²) in [6, 6.07) is 17.2. The van der Waals surface area contributed by atoms with Crippen LogP contribution in [0.2, 0.25) is 0 Å². The number of hydrogen-bond acceptors (Lipinski definition) is 5. The van der Waals surface area contributed by atoms with Crippen LogP contribution in [-0.2, 0) is 6.54 Å². The van der Waals surface area contributed by atoms with Gasteiger partial charge in [0, 0.05) is 25.4 Å². The average molecular weight is 447 g/mol. The van der Waals surface area contributed by atoms with E-state index in [9.17, 15) is 9.59 Å². The summed E-state index contributed by atoms with van der Waals surface area (Å²) in [5.74, 6) is -0.123. The maximum absolute atomic E-state index is 12.0. The Morgan fingerprint density at radius 3 is 2.42 bits per heavy atom. The number of nitrogens with one attached hydrogen (secondary N) is 3. The average Bonchev–Trinajstić information content (AvgIpc) is 2.80. The van der Waals surface area contributed by atoms with Crippen LogP contribution in [0.5, 0.6) is 11.6 Å². The Morgan fingerprint density at radius 1 is 1.03 bits per heavy atom. The summed E-state index contributed by atoms with van der Waals surface area (Å²) in [7, 11) is 0. The van der Waals surface area contributed by atoms with E-state index in [0.29, 0.717) is 30.5 Å². The summed E-state index contributed by atoms with van der Waals surface area (Å²) in [4.78, 5) is 31.6. The largest absolute Gasteiger partial charge is 0.478 e. The van der Waals surface area contributed by atoms with E-state index in [2.05, 4.69) is 25.9 Å². The number of aliphatic imine (C=N–C) groups is 1. The molecule has 0 aliphatic heterocycles. The molecule has 170 valence electrons. The van der Waals surface area contributed by atoms with Crippen LogP contribution in [0.3, 0.4) is 0 Å². The summed E-state index contributed by atoms with van der Waals surface area (Å²) in [6.45, 7) is 4.82. The lowest BCUT2D eigenvalue weighted by Crippen LogP contribution is -2.45. The number of guanidine groups is 1. The standard InChI is InChI=1S/C24H25N5O4/c1-3-25-24(32)29-23(27-15-17-6-4-16(2)5-7-17)28-19-8-10-20(11-9-19)33-21-14-18(22(30)31)12-13-26-21/h4-14H,3,15H2,1-2H3,(H,30,31)(H3,25,27,28,29,32). The Morgan fingerprint density at radius 2 is 1.76 bits per heavy atom. The van der Waals surface area contributed by atoms with E-state index in [-0.39, 0.29) is 17.5 Å². The van der Waals surface area contributed by atoms with Crippen LogP contribution >= 0.6 is 0 Å². The highest BCUT2D eigenvalue weighted by atomic mass is 16.5. The number of aromatic carboxylic acids is 1. The van der Waals surface area contributed by atoms with Crippen molar-refractivity contribution in [1.29, 1.82) is 0 Å². The van der Waals surface area contributed by atoms with Crippen molar-refractivity contribution in [1.82, 2.24) is 20.9 Å². The molecule has 3 aromatic rings. The highest BCUT2D eigenvalue weighted by Crippen LogP contribution is 2.23. The number of pyridine rings is 1. The van der Waals surface area contributed by atoms with E-state index in [1.807, 2.05) is 38.1 Å². The number of carboxylic acid groups (broad SMARTS) is 1. The molecule has 0 radical (unpaired) electrons. The Bertz CT molecular complexity index is 1130. The maximum Gasteiger partial charge on any atom is 0.335 e. The zero-order chi connectivity index (χ0) is 23.6. The number of aromatic nitrogens is 1. The van der Waals surface area contributed by atoms with Crippen LogP contribution in [-0.4, -0.2) is 34.6 Å². The Labute approximate surface area is 191 Å². The van der Waals surface area contributed by atoms with Crippen LogP contribution in [0.15, 0.2) is 71.9 Å². The third-order valence-electron chi connectivity index (χ3n) is 4.43. The molecule has 0 saturated heterocycles. The van der Waals surface area contributed by atoms with Gasteiger partial charge >= 0.3 is 12.0 Å². The second-order valence-corrected chi connectivity index (χ2v) is 7.07. The predicted octanol–water partition coefficient (Wildman–Crippen LogP) is 3.98. The molecule has 4 N–H and O–H groups in total. The first-order chi connectivity index (χ1) is 15.9. The summed E-state index contributed by atoms with van der Waals surface area (Å²) in [5, 5.41) is 17.6. The highest BCUT2D eigenvalue weighted by Gasteiger charge is 2.08. The van der Waals surface area contributed by atoms with Crippen LogP contribution < -0.4 is 20.7 Å². The molecule has 0 spiro atoms. The molecule has 9 nitrogen and oxygen atoms in total. The zero-order valence-corrected chi connectivity index (χ0v) is 18.3. The van der Waals surface area contributed by atoms with Gasteiger partial charge in [0.2, 0.25) is 11.8 Å². The number of amides is 2. The maximum atomic E-state index is 12.0. The van der Waals surface area contributed by atoms with E-state index in [1.165, 1.54) is 23.9 Å². The number of carbonyl (C=O) groups excluding carboxylic acids is 1. The first-order valence-electron chi connectivity index (χ1n) is 10.3. The Hall–Kier alpha value is -4.40. The number of carboxylic acids is 1. The summed E-state index contributed by atoms with van der Waals surface area (Å²) in [6.07, 6.45) is 1.37. The van der Waals surface area contributed by atoms with Crippen molar-refractivity contribution in [3.63, 3.8) is 0 Å². The fourth-order valence-electron chi connectivity index (χ4n) is 2.75. The lowest BCUT2D eigenvalue weighted by atomic mass is 10.1. The number of urea groups is 1. The summed E-state index contributed by atoms with van der Waals surface area (Å²) in [5.41, 5.74) is 2.88. The van der Waals surface area contributed by atoms with Gasteiger partial charge in [0.1, 0.15) is 5.75 Å². The lowest BCUT2D eigenvalue weighted by Gasteiger charge is -2.12. The predicted molar refractivity (Wildman–Crippen MR) is 125 cm³/mol. The zero-order valence-electron chi connectivity index (χ0n) is 18.3. The van der Waals surface area contributed by atoms with Crippen molar-refractivity contribution in [3.8, 4) is 11.6 Å². The van der Waals surface area contributed by atoms with Gasteiger partial charge in [-0.1, -0.05) is 29.8 Å². The van der Waals surface area contributed by atoms with E-state index in [4.69, 9.17) is 9.84 Å². The van der Waals surface area contributed by atoms with Crippen LogP contribution in [0.1, 0.15) is 28.4 Å². The first-order valence-corrected chi connectivity index (χ1v) is 10.3. The molecule has 0 bridgehead atoms. The highest BCUT2D eigenvalue weighted by molar-refractivity contribution is 5.97. The Balaban J connectivity index is 1.72. The number of hydrogen-bond donors (Lipinski definition) is 4. The number of ether oxygens (including phenoxy) is 1. The molecule has 2 amide bonds. The minimum Gasteiger partial charge on any atom is -0.478 e. The molecule has 0 saturated carbocycles. The molecule has 0 aliphatic carbocycles. The molecule has 0 aliphatic rings. The van der Waals surface area contributed by atoms with Crippen molar-refractivity contribution in [2.24, 2.45) is 4.99 Å². The SMILES string of the molecule is CCNC(=O)N/C(=N\c1ccc(Oc2cc(C(=O)O)ccn2)cc1)NCc1ccc(C)cc1. The number of rotatable bonds is 7. The normalized spacial score (nSPS) is 10.9. The summed E-state index contributed by atoms with van der Waals surface area (Å²) >= 11 is 0. The minimum absolute atomic E-state index is 0.0851. The van der Waals surface area contributed by atoms with Gasteiger partial charge in [-0.3, -0.25) is 5.32 Å². The molecule has 1 heterocycles. The molecule has 33 heavy (non-hydrogen) atoms. The van der Waals surface area contributed by atoms with Crippen LogP contribution in [0.25, 0.3) is 0 Å². The van der Waals surface area contributed by atoms with Crippen LogP contribution in [0.4, 0.5) is 10.5 Å². The second kappa shape index (κ2) is 11.3. The third-order valence-corrected chi connectivity index (χ3v) is 4.43. The molecule has 3 rings (SSSR count). The van der Waals surface area contributed by atoms with Gasteiger partial charge in [0.05, 0.1) is 11.3 Å². The second-order valence-electron chi connectivity index (χ2n) is 7.07. The van der Waals surface area contributed by atoms with Gasteiger partial charge in [-0.2, -0.15) is 0 Å². The first kappa shape index (κ1) is 23.3. The smallest absolute Gasteiger partial charge is 0.335 e. The van der Waals surface area contributed by atoms with E-state index in [0.717, 1.165) is 5.56 Å². The molecule has 0 unspecified atom stereocenters. The fraction of sp³-hybridized carbons (Fsp3) is 0.167. The van der Waals surface area contributed by atoms with Gasteiger partial charge in [-0.15, -0.1) is 0 Å². The number of carbonyl (C=O) groups is 2. The molecule has 0 fully saturated rings. The van der Waals surface area contributed by atoms with Gasteiger partial charge in [0.15, 0.2) is 0 Å². The molecular weight excluding hydrogens is 422 g/mol. The monoisotopic (exact) mass is 447 g/mol. The van der Waals surface area contributed by atoms with E-state index in [1.54, 1.807) is 24.3 Å². The summed E-state index contributed by atoms with van der Waals surface area (Å²) < 4.78 is 5.62. The third kappa shape index (κ3) is 7.35. The van der Waals surface area contributed by atoms with E-state index >= 15 is 0 Å². The van der Waals surface area contributed by atoms with Gasteiger partial charge < -0.3 is 20.5 Å². The minimum atomic E-state index is -1.06. The molecule has 9 heteroatoms. The van der Waals surface area contributed by atoms with Crippen molar-refractivity contribution < 1.29 is 19.4 Å². The lowest BCUT2D eigenvalue weighted by molar-refractivity contribution is 0.0696. The molecule has 0 atom stereocenters.